The van der Waals surface area contributed by atoms with Crippen molar-refractivity contribution in [2.45, 2.75) is 39.0 Å². The Hall–Kier alpha value is -1.56. The van der Waals surface area contributed by atoms with Crippen molar-refractivity contribution in [2.24, 2.45) is 0 Å². The third-order valence-corrected chi connectivity index (χ3v) is 4.14. The number of rotatable bonds is 8. The van der Waals surface area contributed by atoms with E-state index in [-0.39, 0.29) is 12.7 Å². The van der Waals surface area contributed by atoms with Crippen molar-refractivity contribution in [2.75, 3.05) is 6.61 Å². The zero-order valence-corrected chi connectivity index (χ0v) is 15.1. The van der Waals surface area contributed by atoms with E-state index in [1.54, 1.807) is 36.9 Å². The van der Waals surface area contributed by atoms with Crippen LogP contribution < -0.4 is 0 Å². The van der Waals surface area contributed by atoms with E-state index in [1.165, 1.54) is 0 Å². The van der Waals surface area contributed by atoms with Crippen LogP contribution in [0.15, 0.2) is 36.9 Å². The largest absolute Gasteiger partial charge is 0.454 e. The number of hydrogen-bond donors (Lipinski definition) is 0. The van der Waals surface area contributed by atoms with Gasteiger partial charge in [-0.3, -0.25) is 0 Å². The maximum absolute atomic E-state index is 12.1. The van der Waals surface area contributed by atoms with Crippen molar-refractivity contribution in [3.05, 3.63) is 52.5 Å². The van der Waals surface area contributed by atoms with E-state index < -0.39 is 12.1 Å². The fourth-order valence-corrected chi connectivity index (χ4v) is 2.60. The molecule has 24 heavy (non-hydrogen) atoms. The van der Waals surface area contributed by atoms with Gasteiger partial charge in [0.05, 0.1) is 19.0 Å². The molecular formula is C17H20Cl2N2O3. The molecule has 0 saturated carbocycles. The first-order valence-electron chi connectivity index (χ1n) is 7.71. The van der Waals surface area contributed by atoms with Crippen LogP contribution in [0.2, 0.25) is 10.0 Å². The van der Waals surface area contributed by atoms with Gasteiger partial charge in [-0.15, -0.1) is 0 Å². The van der Waals surface area contributed by atoms with Crippen LogP contribution in [0.3, 0.4) is 0 Å². The van der Waals surface area contributed by atoms with Gasteiger partial charge in [0.1, 0.15) is 12.7 Å². The Balaban J connectivity index is 2.12. The van der Waals surface area contributed by atoms with Crippen LogP contribution in [0.4, 0.5) is 0 Å². The average molecular weight is 371 g/mol. The summed E-state index contributed by atoms with van der Waals surface area (Å²) in [6, 6.07) is 5.10. The van der Waals surface area contributed by atoms with Crippen molar-refractivity contribution in [3.8, 4) is 0 Å². The predicted molar refractivity (Wildman–Crippen MR) is 93.2 cm³/mol. The summed E-state index contributed by atoms with van der Waals surface area (Å²) in [5.74, 6) is -0.438. The highest BCUT2D eigenvalue weighted by atomic mass is 35.5. The molecule has 0 aliphatic rings. The first-order valence-corrected chi connectivity index (χ1v) is 8.47. The predicted octanol–water partition coefficient (Wildman–Crippen LogP) is 4.29. The quantitative estimate of drug-likeness (QED) is 0.650. The number of ether oxygens (including phenoxy) is 2. The van der Waals surface area contributed by atoms with Crippen LogP contribution in [0, 0.1) is 0 Å². The summed E-state index contributed by atoms with van der Waals surface area (Å²) in [6.45, 7) is 4.20. The molecule has 2 aromatic rings. The van der Waals surface area contributed by atoms with Gasteiger partial charge in [-0.25, -0.2) is 9.78 Å². The number of esters is 1. The van der Waals surface area contributed by atoms with Crippen molar-refractivity contribution >= 4 is 29.2 Å². The fraction of sp³-hybridized carbons (Fsp3) is 0.412. The lowest BCUT2D eigenvalue weighted by Crippen LogP contribution is -2.22. The van der Waals surface area contributed by atoms with Gasteiger partial charge >= 0.3 is 5.97 Å². The van der Waals surface area contributed by atoms with E-state index in [4.69, 9.17) is 32.7 Å². The van der Waals surface area contributed by atoms with Gasteiger partial charge in [-0.05, 0) is 25.5 Å². The second-order valence-corrected chi connectivity index (χ2v) is 6.28. The Morgan fingerprint density at radius 2 is 2.17 bits per heavy atom. The average Bonchev–Trinajstić information content (AvgIpc) is 3.05. The van der Waals surface area contributed by atoms with Crippen LogP contribution in [0.25, 0.3) is 0 Å². The van der Waals surface area contributed by atoms with Crippen molar-refractivity contribution in [1.29, 1.82) is 0 Å². The molecule has 2 rings (SSSR count). The van der Waals surface area contributed by atoms with Gasteiger partial charge in [0, 0.05) is 28.0 Å². The molecule has 2 atom stereocenters. The van der Waals surface area contributed by atoms with Gasteiger partial charge in [0.15, 0.2) is 0 Å². The Kier molecular flexibility index (Phi) is 7.09. The number of imidazole rings is 1. The van der Waals surface area contributed by atoms with E-state index in [0.717, 1.165) is 6.42 Å². The second-order valence-electron chi connectivity index (χ2n) is 5.43. The topological polar surface area (TPSA) is 53.4 Å². The van der Waals surface area contributed by atoms with E-state index in [2.05, 4.69) is 4.98 Å². The second kappa shape index (κ2) is 9.06. The monoisotopic (exact) mass is 370 g/mol. The normalized spacial score (nSPS) is 13.5. The SMILES string of the molecule is CCC(C)OCC(=O)OC(Cn1ccnc1)c1ccc(Cl)cc1Cl. The molecule has 1 heterocycles. The highest BCUT2D eigenvalue weighted by Gasteiger charge is 2.21. The lowest BCUT2D eigenvalue weighted by molar-refractivity contribution is -0.157. The number of benzene rings is 1. The number of hydrogen-bond acceptors (Lipinski definition) is 4. The van der Waals surface area contributed by atoms with Crippen LogP contribution in [0.5, 0.6) is 0 Å². The molecule has 2 unspecified atom stereocenters. The summed E-state index contributed by atoms with van der Waals surface area (Å²) in [4.78, 5) is 16.1. The molecular weight excluding hydrogens is 351 g/mol. The molecule has 7 heteroatoms. The molecule has 1 aromatic carbocycles. The summed E-state index contributed by atoms with van der Waals surface area (Å²) in [6.07, 6.45) is 5.38. The molecule has 0 bridgehead atoms. The van der Waals surface area contributed by atoms with E-state index in [9.17, 15) is 4.79 Å². The Bertz CT molecular complexity index is 662. The van der Waals surface area contributed by atoms with Crippen LogP contribution in [-0.2, 0) is 20.8 Å². The highest BCUT2D eigenvalue weighted by Crippen LogP contribution is 2.29. The van der Waals surface area contributed by atoms with Gasteiger partial charge in [-0.2, -0.15) is 0 Å². The van der Waals surface area contributed by atoms with Crippen molar-refractivity contribution in [3.63, 3.8) is 0 Å². The standard InChI is InChI=1S/C17H20Cl2N2O3/c1-3-12(2)23-10-17(22)24-16(9-21-7-6-20-11-21)14-5-4-13(18)8-15(14)19/h4-8,11-12,16H,3,9-10H2,1-2H3. The van der Waals surface area contributed by atoms with Crippen LogP contribution in [-0.4, -0.2) is 28.2 Å². The summed E-state index contributed by atoms with van der Waals surface area (Å²) in [5, 5.41) is 0.972. The molecule has 0 radical (unpaired) electrons. The fourth-order valence-electron chi connectivity index (χ4n) is 2.07. The number of halogens is 2. The number of carbonyl (C=O) groups excluding carboxylic acids is 1. The van der Waals surface area contributed by atoms with Gasteiger partial charge in [-0.1, -0.05) is 36.2 Å². The minimum Gasteiger partial charge on any atom is -0.454 e. The molecule has 5 nitrogen and oxygen atoms in total. The third kappa shape index (κ3) is 5.51. The summed E-state index contributed by atoms with van der Waals surface area (Å²) in [5.41, 5.74) is 0.687. The molecule has 1 aromatic heterocycles. The minimum absolute atomic E-state index is 0.00349. The molecule has 0 aliphatic heterocycles. The van der Waals surface area contributed by atoms with Gasteiger partial charge in [0.25, 0.3) is 0 Å². The van der Waals surface area contributed by atoms with Crippen molar-refractivity contribution in [1.82, 2.24) is 9.55 Å². The zero-order chi connectivity index (χ0) is 17.5. The van der Waals surface area contributed by atoms with E-state index >= 15 is 0 Å². The molecule has 0 amide bonds. The number of nitrogens with zero attached hydrogens (tertiary/aromatic N) is 2. The smallest absolute Gasteiger partial charge is 0.332 e. The first-order chi connectivity index (χ1) is 11.5. The van der Waals surface area contributed by atoms with Gasteiger partial charge in [0.2, 0.25) is 0 Å². The summed E-state index contributed by atoms with van der Waals surface area (Å²) < 4.78 is 12.8. The van der Waals surface area contributed by atoms with Crippen molar-refractivity contribution < 1.29 is 14.3 Å². The molecule has 130 valence electrons. The Labute approximate surface area is 151 Å². The zero-order valence-electron chi connectivity index (χ0n) is 13.6. The van der Waals surface area contributed by atoms with Crippen LogP contribution >= 0.6 is 23.2 Å². The minimum atomic E-state index is -0.558. The first kappa shape index (κ1) is 18.8. The molecule has 0 fully saturated rings. The molecule has 0 saturated heterocycles. The lowest BCUT2D eigenvalue weighted by Gasteiger charge is -2.20. The molecule has 0 N–H and O–H groups in total. The van der Waals surface area contributed by atoms with Crippen LogP contribution in [0.1, 0.15) is 31.9 Å². The lowest BCUT2D eigenvalue weighted by atomic mass is 10.1. The summed E-state index contributed by atoms with van der Waals surface area (Å²) in [7, 11) is 0. The highest BCUT2D eigenvalue weighted by molar-refractivity contribution is 6.35. The maximum atomic E-state index is 12.1. The number of aromatic nitrogens is 2. The van der Waals surface area contributed by atoms with E-state index in [0.29, 0.717) is 22.2 Å². The third-order valence-electron chi connectivity index (χ3n) is 3.58. The molecule has 0 aliphatic carbocycles. The Morgan fingerprint density at radius 3 is 2.79 bits per heavy atom. The van der Waals surface area contributed by atoms with E-state index in [1.807, 2.05) is 18.4 Å². The Morgan fingerprint density at radius 1 is 1.38 bits per heavy atom. The number of carbonyl (C=O) groups is 1. The summed E-state index contributed by atoms with van der Waals surface area (Å²) >= 11 is 12.2. The van der Waals surface area contributed by atoms with Gasteiger partial charge < -0.3 is 14.0 Å². The molecule has 0 spiro atoms. The maximum Gasteiger partial charge on any atom is 0.332 e.